The van der Waals surface area contributed by atoms with Gasteiger partial charge < -0.3 is 0 Å². The molecule has 0 N–H and O–H groups in total. The number of thiazole rings is 1. The quantitative estimate of drug-likeness (QED) is 0.305. The molecule has 0 saturated carbocycles. The zero-order valence-corrected chi connectivity index (χ0v) is 15.1. The van der Waals surface area contributed by atoms with Crippen LogP contribution in [0.1, 0.15) is 5.01 Å². The lowest BCUT2D eigenvalue weighted by molar-refractivity contribution is 1.35. The van der Waals surface area contributed by atoms with Crippen molar-refractivity contribution in [3.8, 4) is 11.1 Å². The standard InChI is InChI=1S/C14H6Cl5NS/c1-5-20-7-4-6(2-3-8(7)21-5)9-10(15)12(17)14(19)13(18)11(9)16/h2-4H,1H3. The molecular weight excluding hydrogens is 391 g/mol. The van der Waals surface area contributed by atoms with Gasteiger partial charge in [0.2, 0.25) is 0 Å². The molecule has 2 aromatic carbocycles. The summed E-state index contributed by atoms with van der Waals surface area (Å²) in [7, 11) is 0. The molecule has 0 radical (unpaired) electrons. The van der Waals surface area contributed by atoms with E-state index in [-0.39, 0.29) is 25.1 Å². The normalized spacial score (nSPS) is 11.3. The Labute approximate surface area is 150 Å². The van der Waals surface area contributed by atoms with Crippen molar-refractivity contribution in [2.45, 2.75) is 6.92 Å². The molecule has 1 aromatic heterocycles. The van der Waals surface area contributed by atoms with E-state index in [0.29, 0.717) is 5.56 Å². The van der Waals surface area contributed by atoms with Gasteiger partial charge >= 0.3 is 0 Å². The van der Waals surface area contributed by atoms with Crippen molar-refractivity contribution in [3.05, 3.63) is 48.3 Å². The third kappa shape index (κ3) is 2.63. The molecule has 0 spiro atoms. The Morgan fingerprint density at radius 3 is 2.05 bits per heavy atom. The number of hydrogen-bond acceptors (Lipinski definition) is 2. The van der Waals surface area contributed by atoms with Crippen molar-refractivity contribution in [1.82, 2.24) is 4.98 Å². The first-order valence-electron chi connectivity index (χ1n) is 5.79. The molecule has 1 nitrogen and oxygen atoms in total. The van der Waals surface area contributed by atoms with Gasteiger partial charge in [-0.05, 0) is 24.6 Å². The highest BCUT2D eigenvalue weighted by atomic mass is 35.5. The molecule has 1 heterocycles. The molecule has 0 aliphatic carbocycles. The lowest BCUT2D eigenvalue weighted by Crippen LogP contribution is -1.87. The van der Waals surface area contributed by atoms with E-state index in [9.17, 15) is 0 Å². The van der Waals surface area contributed by atoms with E-state index in [4.69, 9.17) is 58.0 Å². The van der Waals surface area contributed by atoms with Crippen LogP contribution in [0.25, 0.3) is 21.3 Å². The van der Waals surface area contributed by atoms with Crippen LogP contribution in [0, 0.1) is 6.92 Å². The zero-order chi connectivity index (χ0) is 15.3. The van der Waals surface area contributed by atoms with Gasteiger partial charge in [-0.25, -0.2) is 4.98 Å². The van der Waals surface area contributed by atoms with Crippen molar-refractivity contribution in [3.63, 3.8) is 0 Å². The summed E-state index contributed by atoms with van der Waals surface area (Å²) in [5, 5.41) is 2.09. The molecule has 0 fully saturated rings. The summed E-state index contributed by atoms with van der Waals surface area (Å²) in [6, 6.07) is 5.79. The summed E-state index contributed by atoms with van der Waals surface area (Å²) in [5.74, 6) is 0. The lowest BCUT2D eigenvalue weighted by atomic mass is 10.1. The molecule has 0 amide bonds. The summed E-state index contributed by atoms with van der Waals surface area (Å²) in [5.41, 5.74) is 2.23. The number of fused-ring (bicyclic) bond motifs is 1. The van der Waals surface area contributed by atoms with Gasteiger partial charge in [-0.3, -0.25) is 0 Å². The highest BCUT2D eigenvalue weighted by Crippen LogP contribution is 2.48. The molecule has 0 bridgehead atoms. The Morgan fingerprint density at radius 2 is 1.43 bits per heavy atom. The predicted molar refractivity (Wildman–Crippen MR) is 94.8 cm³/mol. The first-order chi connectivity index (χ1) is 9.90. The number of halogens is 5. The molecule has 3 aromatic rings. The third-order valence-electron chi connectivity index (χ3n) is 2.99. The van der Waals surface area contributed by atoms with Crippen molar-refractivity contribution in [2.24, 2.45) is 0 Å². The van der Waals surface area contributed by atoms with Crippen LogP contribution in [0.5, 0.6) is 0 Å². The van der Waals surface area contributed by atoms with Crippen molar-refractivity contribution in [1.29, 1.82) is 0 Å². The Kier molecular flexibility index (Phi) is 4.30. The molecular formula is C14H6Cl5NS. The molecule has 3 rings (SSSR count). The van der Waals surface area contributed by atoms with E-state index in [1.807, 2.05) is 25.1 Å². The fourth-order valence-electron chi connectivity index (χ4n) is 2.06. The first-order valence-corrected chi connectivity index (χ1v) is 8.49. The minimum atomic E-state index is 0.155. The third-order valence-corrected chi connectivity index (χ3v) is 6.22. The van der Waals surface area contributed by atoms with Crippen LogP contribution < -0.4 is 0 Å². The first kappa shape index (κ1) is 15.7. The van der Waals surface area contributed by atoms with Gasteiger partial charge in [0.1, 0.15) is 0 Å². The fraction of sp³-hybridized carbons (Fsp3) is 0.0714. The molecule has 108 valence electrons. The molecule has 0 aliphatic heterocycles. The summed E-state index contributed by atoms with van der Waals surface area (Å²) in [6.45, 7) is 1.96. The Hall–Kier alpha value is -0.220. The van der Waals surface area contributed by atoms with Gasteiger partial charge in [-0.15, -0.1) is 11.3 Å². The number of aromatic nitrogens is 1. The van der Waals surface area contributed by atoms with Crippen LogP contribution in [0.2, 0.25) is 25.1 Å². The van der Waals surface area contributed by atoms with Crippen LogP contribution in [0.3, 0.4) is 0 Å². The topological polar surface area (TPSA) is 12.9 Å². The van der Waals surface area contributed by atoms with E-state index >= 15 is 0 Å². The van der Waals surface area contributed by atoms with Gasteiger partial charge in [-0.1, -0.05) is 64.1 Å². The van der Waals surface area contributed by atoms with E-state index in [2.05, 4.69) is 4.98 Å². The molecule has 0 unspecified atom stereocenters. The molecule has 0 atom stereocenters. The van der Waals surface area contributed by atoms with E-state index in [0.717, 1.165) is 20.8 Å². The largest absolute Gasteiger partial charge is 0.241 e. The summed E-state index contributed by atoms with van der Waals surface area (Å²) >= 11 is 32.4. The van der Waals surface area contributed by atoms with Gasteiger partial charge in [0.05, 0.1) is 40.3 Å². The molecule has 0 saturated heterocycles. The van der Waals surface area contributed by atoms with Crippen LogP contribution in [0.4, 0.5) is 0 Å². The van der Waals surface area contributed by atoms with E-state index in [1.165, 1.54) is 0 Å². The number of rotatable bonds is 1. The number of nitrogens with zero attached hydrogens (tertiary/aromatic N) is 1. The predicted octanol–water partition coefficient (Wildman–Crippen LogP) is 7.54. The van der Waals surface area contributed by atoms with Gasteiger partial charge in [0, 0.05) is 5.56 Å². The van der Waals surface area contributed by atoms with Crippen LogP contribution >= 0.6 is 69.3 Å². The van der Waals surface area contributed by atoms with Crippen LogP contribution in [-0.4, -0.2) is 4.98 Å². The van der Waals surface area contributed by atoms with Gasteiger partial charge in [0.25, 0.3) is 0 Å². The van der Waals surface area contributed by atoms with Crippen molar-refractivity contribution >= 4 is 79.6 Å². The lowest BCUT2D eigenvalue weighted by Gasteiger charge is -2.12. The SMILES string of the molecule is Cc1nc2cc(-c3c(Cl)c(Cl)c(Cl)c(Cl)c3Cl)ccc2s1. The van der Waals surface area contributed by atoms with E-state index in [1.54, 1.807) is 11.3 Å². The maximum Gasteiger partial charge on any atom is 0.0907 e. The Balaban J connectivity index is 2.32. The smallest absolute Gasteiger partial charge is 0.0907 e. The van der Waals surface area contributed by atoms with E-state index < -0.39 is 0 Å². The molecule has 0 aliphatic rings. The summed E-state index contributed by atoms with van der Waals surface area (Å²) in [6.07, 6.45) is 0. The zero-order valence-electron chi connectivity index (χ0n) is 10.5. The second kappa shape index (κ2) is 5.77. The molecule has 7 heteroatoms. The number of benzene rings is 2. The average Bonchev–Trinajstić information content (AvgIpc) is 2.82. The highest BCUT2D eigenvalue weighted by Gasteiger charge is 2.20. The minimum Gasteiger partial charge on any atom is -0.241 e. The summed E-state index contributed by atoms with van der Waals surface area (Å²) in [4.78, 5) is 4.46. The fourth-order valence-corrected chi connectivity index (χ4v) is 4.22. The maximum atomic E-state index is 6.29. The number of aryl methyl sites for hydroxylation is 1. The monoisotopic (exact) mass is 395 g/mol. The maximum absolute atomic E-state index is 6.29. The van der Waals surface area contributed by atoms with Crippen LogP contribution in [0.15, 0.2) is 18.2 Å². The van der Waals surface area contributed by atoms with Crippen molar-refractivity contribution in [2.75, 3.05) is 0 Å². The Bertz CT molecular complexity index is 842. The van der Waals surface area contributed by atoms with Crippen LogP contribution in [-0.2, 0) is 0 Å². The van der Waals surface area contributed by atoms with Gasteiger partial charge in [0.15, 0.2) is 0 Å². The Morgan fingerprint density at radius 1 is 0.857 bits per heavy atom. The average molecular weight is 398 g/mol. The second-order valence-electron chi connectivity index (χ2n) is 4.36. The minimum absolute atomic E-state index is 0.155. The summed E-state index contributed by atoms with van der Waals surface area (Å²) < 4.78 is 1.09. The molecule has 21 heavy (non-hydrogen) atoms. The number of hydrogen-bond donors (Lipinski definition) is 0. The highest BCUT2D eigenvalue weighted by molar-refractivity contribution is 7.18. The second-order valence-corrected chi connectivity index (χ2v) is 7.48. The van der Waals surface area contributed by atoms with Crippen molar-refractivity contribution < 1.29 is 0 Å². The van der Waals surface area contributed by atoms with Gasteiger partial charge in [-0.2, -0.15) is 0 Å².